The third kappa shape index (κ3) is 4.08. The largest absolute Gasteiger partial charge is 0.497 e. The Bertz CT molecular complexity index is 1400. The van der Waals surface area contributed by atoms with Crippen LogP contribution in [-0.4, -0.2) is 21.9 Å². The Morgan fingerprint density at radius 2 is 1.30 bits per heavy atom. The summed E-state index contributed by atoms with van der Waals surface area (Å²) in [5.74, 6) is 0.835. The topological polar surface area (TPSA) is 39.9 Å². The van der Waals surface area contributed by atoms with Gasteiger partial charge in [0.1, 0.15) is 5.75 Å². The van der Waals surface area contributed by atoms with Crippen LogP contribution < -0.4 is 4.74 Å². The molecule has 0 atom stereocenters. The van der Waals surface area contributed by atoms with Gasteiger partial charge >= 0.3 is 0 Å². The van der Waals surface area contributed by atoms with E-state index in [9.17, 15) is 0 Å². The number of thiazole rings is 1. The fraction of sp³-hybridized carbons (Fsp3) is 0.143. The van der Waals surface area contributed by atoms with E-state index in [-0.39, 0.29) is 0 Å². The van der Waals surface area contributed by atoms with Gasteiger partial charge in [0, 0.05) is 27.6 Å². The van der Waals surface area contributed by atoms with Crippen LogP contribution in [0.4, 0.5) is 0 Å². The van der Waals surface area contributed by atoms with Crippen LogP contribution in [0.1, 0.15) is 16.7 Å². The summed E-state index contributed by atoms with van der Waals surface area (Å²) in [6, 6.07) is 25.1. The highest BCUT2D eigenvalue weighted by Crippen LogP contribution is 2.35. The summed E-state index contributed by atoms with van der Waals surface area (Å²) >= 11 is 1.60. The molecule has 0 saturated heterocycles. The molecule has 0 bridgehead atoms. The van der Waals surface area contributed by atoms with Gasteiger partial charge in [0.05, 0.1) is 24.2 Å². The van der Waals surface area contributed by atoms with Crippen LogP contribution in [0.2, 0.25) is 0 Å². The van der Waals surface area contributed by atoms with Gasteiger partial charge in [0.2, 0.25) is 5.13 Å². The lowest BCUT2D eigenvalue weighted by Crippen LogP contribution is -1.99. The zero-order valence-electron chi connectivity index (χ0n) is 19.2. The van der Waals surface area contributed by atoms with E-state index in [0.29, 0.717) is 0 Å². The minimum Gasteiger partial charge on any atom is -0.497 e. The van der Waals surface area contributed by atoms with Crippen LogP contribution in [0.3, 0.4) is 0 Å². The SMILES string of the molecule is COc1ccc(-c2csc(-n3nc(-c4ccc(C)cc4)c(C)c3-c3ccc(C)cc3)n2)cc1. The number of aryl methyl sites for hydroxylation is 2. The number of ether oxygens (including phenoxy) is 1. The molecular formula is C28H25N3OS. The number of aromatic nitrogens is 3. The predicted octanol–water partition coefficient (Wildman–Crippen LogP) is 7.26. The maximum atomic E-state index is 5.29. The van der Waals surface area contributed by atoms with Crippen LogP contribution in [0.15, 0.2) is 78.2 Å². The predicted molar refractivity (Wildman–Crippen MR) is 136 cm³/mol. The van der Waals surface area contributed by atoms with Gasteiger partial charge in [-0.1, -0.05) is 59.7 Å². The molecule has 33 heavy (non-hydrogen) atoms. The highest BCUT2D eigenvalue weighted by Gasteiger charge is 2.20. The first kappa shape index (κ1) is 21.2. The standard InChI is InChI=1S/C28H25N3OS/c1-18-5-9-22(10-6-18)26-20(3)27(23-11-7-19(2)8-12-23)31(30-26)28-29-25(17-33-28)21-13-15-24(32-4)16-14-21/h5-17H,1-4H3. The molecule has 164 valence electrons. The molecule has 0 aliphatic carbocycles. The van der Waals surface area contributed by atoms with Gasteiger partial charge < -0.3 is 4.74 Å². The lowest BCUT2D eigenvalue weighted by atomic mass is 10.0. The molecule has 0 unspecified atom stereocenters. The zero-order valence-corrected chi connectivity index (χ0v) is 20.0. The summed E-state index contributed by atoms with van der Waals surface area (Å²) < 4.78 is 7.28. The second-order valence-corrected chi connectivity index (χ2v) is 9.05. The summed E-state index contributed by atoms with van der Waals surface area (Å²) in [5.41, 5.74) is 9.88. The van der Waals surface area contributed by atoms with Crippen molar-refractivity contribution in [2.45, 2.75) is 20.8 Å². The summed E-state index contributed by atoms with van der Waals surface area (Å²) in [6.07, 6.45) is 0. The van der Waals surface area contributed by atoms with Crippen molar-refractivity contribution >= 4 is 11.3 Å². The molecule has 0 amide bonds. The first-order valence-corrected chi connectivity index (χ1v) is 11.8. The number of hydrogen-bond acceptors (Lipinski definition) is 4. The number of methoxy groups -OCH3 is 1. The van der Waals surface area contributed by atoms with E-state index in [1.165, 1.54) is 11.1 Å². The maximum Gasteiger partial charge on any atom is 0.211 e. The molecule has 0 aliphatic heterocycles. The minimum atomic E-state index is 0.835. The summed E-state index contributed by atoms with van der Waals surface area (Å²) in [4.78, 5) is 4.95. The molecule has 0 fully saturated rings. The Balaban J connectivity index is 1.64. The Kier molecular flexibility index (Phi) is 5.56. The van der Waals surface area contributed by atoms with Crippen molar-refractivity contribution < 1.29 is 4.74 Å². The van der Waals surface area contributed by atoms with Gasteiger partial charge in [-0.2, -0.15) is 5.10 Å². The van der Waals surface area contributed by atoms with E-state index in [1.54, 1.807) is 18.4 Å². The molecule has 2 heterocycles. The van der Waals surface area contributed by atoms with Gasteiger partial charge in [0.25, 0.3) is 0 Å². The molecule has 4 nitrogen and oxygen atoms in total. The number of nitrogens with zero attached hydrogens (tertiary/aromatic N) is 3. The third-order valence-electron chi connectivity index (χ3n) is 5.83. The molecule has 0 saturated carbocycles. The van der Waals surface area contributed by atoms with Crippen molar-refractivity contribution in [3.63, 3.8) is 0 Å². The van der Waals surface area contributed by atoms with Gasteiger partial charge in [-0.15, -0.1) is 11.3 Å². The fourth-order valence-electron chi connectivity index (χ4n) is 3.93. The third-order valence-corrected chi connectivity index (χ3v) is 6.65. The molecule has 2 aromatic heterocycles. The van der Waals surface area contributed by atoms with E-state index in [4.69, 9.17) is 14.8 Å². The van der Waals surface area contributed by atoms with Gasteiger partial charge in [-0.05, 0) is 45.0 Å². The number of benzene rings is 3. The van der Waals surface area contributed by atoms with Crippen LogP contribution in [0, 0.1) is 20.8 Å². The van der Waals surface area contributed by atoms with Crippen molar-refractivity contribution in [2.75, 3.05) is 7.11 Å². The second-order valence-electron chi connectivity index (χ2n) is 8.21. The van der Waals surface area contributed by atoms with Crippen molar-refractivity contribution in [1.29, 1.82) is 0 Å². The lowest BCUT2D eigenvalue weighted by Gasteiger charge is -2.06. The Morgan fingerprint density at radius 1 is 0.727 bits per heavy atom. The van der Waals surface area contributed by atoms with Crippen molar-refractivity contribution in [1.82, 2.24) is 14.8 Å². The smallest absolute Gasteiger partial charge is 0.211 e. The normalized spacial score (nSPS) is 11.0. The molecule has 5 aromatic rings. The molecule has 5 heteroatoms. The van der Waals surface area contributed by atoms with Crippen molar-refractivity contribution in [3.05, 3.63) is 94.9 Å². The number of rotatable bonds is 5. The van der Waals surface area contributed by atoms with Crippen molar-refractivity contribution in [3.8, 4) is 44.7 Å². The van der Waals surface area contributed by atoms with E-state index < -0.39 is 0 Å². The fourth-order valence-corrected chi connectivity index (χ4v) is 4.72. The summed E-state index contributed by atoms with van der Waals surface area (Å²) in [7, 11) is 1.67. The average molecular weight is 452 g/mol. The maximum absolute atomic E-state index is 5.29. The second kappa shape index (κ2) is 8.68. The van der Waals surface area contributed by atoms with Gasteiger partial charge in [-0.3, -0.25) is 0 Å². The first-order valence-electron chi connectivity index (χ1n) is 10.9. The number of hydrogen-bond donors (Lipinski definition) is 0. The quantitative estimate of drug-likeness (QED) is 0.282. The highest BCUT2D eigenvalue weighted by atomic mass is 32.1. The van der Waals surface area contributed by atoms with Crippen LogP contribution in [0.25, 0.3) is 38.9 Å². The Hall–Kier alpha value is -3.70. The van der Waals surface area contributed by atoms with Crippen molar-refractivity contribution in [2.24, 2.45) is 0 Å². The van der Waals surface area contributed by atoms with Crippen LogP contribution in [0.5, 0.6) is 5.75 Å². The summed E-state index contributed by atoms with van der Waals surface area (Å²) in [5, 5.41) is 7.98. The first-order chi connectivity index (χ1) is 16.0. The molecule has 3 aromatic carbocycles. The van der Waals surface area contributed by atoms with Crippen LogP contribution in [-0.2, 0) is 0 Å². The van der Waals surface area contributed by atoms with E-state index in [1.807, 2.05) is 28.9 Å². The summed E-state index contributed by atoms with van der Waals surface area (Å²) in [6.45, 7) is 6.35. The monoisotopic (exact) mass is 451 g/mol. The van der Waals surface area contributed by atoms with E-state index in [2.05, 4.69) is 74.7 Å². The van der Waals surface area contributed by atoms with Gasteiger partial charge in [-0.25, -0.2) is 9.67 Å². The van der Waals surface area contributed by atoms with Crippen LogP contribution >= 0.6 is 11.3 Å². The molecule has 5 rings (SSSR count). The minimum absolute atomic E-state index is 0.835. The Labute approximate surface area is 198 Å². The molecule has 0 N–H and O–H groups in total. The lowest BCUT2D eigenvalue weighted by molar-refractivity contribution is 0.415. The van der Waals surface area contributed by atoms with Gasteiger partial charge in [0.15, 0.2) is 0 Å². The highest BCUT2D eigenvalue weighted by molar-refractivity contribution is 7.12. The molecule has 0 spiro atoms. The molecule has 0 aliphatic rings. The Morgan fingerprint density at radius 3 is 1.91 bits per heavy atom. The zero-order chi connectivity index (χ0) is 22.9. The molecular weight excluding hydrogens is 426 g/mol. The van der Waals surface area contributed by atoms with E-state index in [0.717, 1.165) is 50.2 Å². The molecule has 0 radical (unpaired) electrons. The average Bonchev–Trinajstić information content (AvgIpc) is 3.45. The van der Waals surface area contributed by atoms with E-state index >= 15 is 0 Å².